The van der Waals surface area contributed by atoms with Gasteiger partial charge >= 0.3 is 0 Å². The van der Waals surface area contributed by atoms with Crippen LogP contribution in [0.15, 0.2) is 28.7 Å². The Kier molecular flexibility index (Phi) is 3.09. The minimum Gasteiger partial charge on any atom is -0.350 e. The van der Waals surface area contributed by atoms with Crippen molar-refractivity contribution in [3.8, 4) is 0 Å². The van der Waals surface area contributed by atoms with E-state index in [0.29, 0.717) is 0 Å². The van der Waals surface area contributed by atoms with Crippen LogP contribution in [-0.4, -0.2) is 6.41 Å². The number of carbonyl (C=O) groups is 1. The van der Waals surface area contributed by atoms with Crippen molar-refractivity contribution in [3.05, 3.63) is 34.3 Å². The van der Waals surface area contributed by atoms with Crippen LogP contribution in [0.3, 0.4) is 0 Å². The summed E-state index contributed by atoms with van der Waals surface area (Å²) in [6.07, 6.45) is 0.724. The molecule has 0 aromatic heterocycles. The van der Waals surface area contributed by atoms with Crippen LogP contribution >= 0.6 is 15.9 Å². The van der Waals surface area contributed by atoms with E-state index in [-0.39, 0.29) is 5.54 Å². The topological polar surface area (TPSA) is 29.1 Å². The minimum atomic E-state index is -0.303. The molecule has 0 bridgehead atoms. The van der Waals surface area contributed by atoms with E-state index in [1.54, 1.807) is 0 Å². The highest BCUT2D eigenvalue weighted by molar-refractivity contribution is 9.10. The van der Waals surface area contributed by atoms with Gasteiger partial charge in [0.25, 0.3) is 0 Å². The van der Waals surface area contributed by atoms with Gasteiger partial charge < -0.3 is 5.32 Å². The number of halogens is 1. The zero-order valence-electron chi connectivity index (χ0n) is 7.67. The quantitative estimate of drug-likeness (QED) is 0.810. The van der Waals surface area contributed by atoms with Gasteiger partial charge in [0, 0.05) is 4.47 Å². The van der Waals surface area contributed by atoms with Gasteiger partial charge in [0.2, 0.25) is 6.41 Å². The van der Waals surface area contributed by atoms with Crippen molar-refractivity contribution in [1.29, 1.82) is 0 Å². The lowest BCUT2D eigenvalue weighted by Crippen LogP contribution is -2.35. The van der Waals surface area contributed by atoms with E-state index in [1.807, 2.05) is 38.1 Å². The number of hydrogen-bond acceptors (Lipinski definition) is 1. The van der Waals surface area contributed by atoms with Gasteiger partial charge in [0.05, 0.1) is 5.54 Å². The summed E-state index contributed by atoms with van der Waals surface area (Å²) in [6, 6.07) is 7.90. The number of hydrogen-bond donors (Lipinski definition) is 1. The fourth-order valence-corrected chi connectivity index (χ4v) is 1.36. The highest BCUT2D eigenvalue weighted by Crippen LogP contribution is 2.21. The van der Waals surface area contributed by atoms with Gasteiger partial charge in [-0.15, -0.1) is 0 Å². The molecule has 0 atom stereocenters. The lowest BCUT2D eigenvalue weighted by Gasteiger charge is -2.24. The Morgan fingerprint density at radius 2 is 1.85 bits per heavy atom. The smallest absolute Gasteiger partial charge is 0.207 e. The van der Waals surface area contributed by atoms with Gasteiger partial charge in [0.1, 0.15) is 0 Å². The summed E-state index contributed by atoms with van der Waals surface area (Å²) in [6.45, 7) is 3.93. The Morgan fingerprint density at radius 1 is 1.31 bits per heavy atom. The first kappa shape index (κ1) is 10.3. The molecule has 1 aromatic carbocycles. The molecule has 1 N–H and O–H groups in total. The Labute approximate surface area is 86.5 Å². The lowest BCUT2D eigenvalue weighted by molar-refractivity contribution is -0.111. The molecule has 0 aliphatic rings. The highest BCUT2D eigenvalue weighted by atomic mass is 79.9. The number of carbonyl (C=O) groups excluding carboxylic acids is 1. The molecule has 13 heavy (non-hydrogen) atoms. The highest BCUT2D eigenvalue weighted by Gasteiger charge is 2.18. The largest absolute Gasteiger partial charge is 0.350 e. The molecular weight excluding hydrogens is 230 g/mol. The van der Waals surface area contributed by atoms with Crippen LogP contribution < -0.4 is 5.32 Å². The van der Waals surface area contributed by atoms with Crippen LogP contribution in [0.5, 0.6) is 0 Å². The van der Waals surface area contributed by atoms with Crippen molar-refractivity contribution in [3.63, 3.8) is 0 Å². The monoisotopic (exact) mass is 241 g/mol. The fraction of sp³-hybridized carbons (Fsp3) is 0.300. The van der Waals surface area contributed by atoms with E-state index in [4.69, 9.17) is 0 Å². The zero-order chi connectivity index (χ0) is 9.90. The summed E-state index contributed by atoms with van der Waals surface area (Å²) < 4.78 is 1.04. The van der Waals surface area contributed by atoms with E-state index in [1.165, 1.54) is 0 Å². The van der Waals surface area contributed by atoms with Gasteiger partial charge in [-0.05, 0) is 31.5 Å². The average molecular weight is 242 g/mol. The molecular formula is C10H12BrNO. The van der Waals surface area contributed by atoms with Crippen molar-refractivity contribution >= 4 is 22.3 Å². The first-order valence-corrected chi connectivity index (χ1v) is 4.83. The summed E-state index contributed by atoms with van der Waals surface area (Å²) in [5, 5.41) is 2.76. The van der Waals surface area contributed by atoms with Gasteiger partial charge in [-0.3, -0.25) is 4.79 Å². The van der Waals surface area contributed by atoms with Gasteiger partial charge in [0.15, 0.2) is 0 Å². The second-order valence-corrected chi connectivity index (χ2v) is 4.31. The molecule has 0 saturated carbocycles. The van der Waals surface area contributed by atoms with Gasteiger partial charge in [-0.2, -0.15) is 0 Å². The Hall–Kier alpha value is -0.830. The van der Waals surface area contributed by atoms with Crippen LogP contribution in [0, 0.1) is 0 Å². The number of benzene rings is 1. The van der Waals surface area contributed by atoms with E-state index >= 15 is 0 Å². The molecule has 0 saturated heterocycles. The summed E-state index contributed by atoms with van der Waals surface area (Å²) in [7, 11) is 0. The van der Waals surface area contributed by atoms with Gasteiger partial charge in [-0.25, -0.2) is 0 Å². The summed E-state index contributed by atoms with van der Waals surface area (Å²) >= 11 is 3.36. The standard InChI is InChI=1S/C10H12BrNO/c1-10(2,12-7-13)8-3-5-9(11)6-4-8/h3-7H,1-2H3,(H,12,13). The van der Waals surface area contributed by atoms with Gasteiger partial charge in [-0.1, -0.05) is 28.1 Å². The third-order valence-corrected chi connectivity index (χ3v) is 2.51. The molecule has 0 fully saturated rings. The molecule has 0 spiro atoms. The zero-order valence-corrected chi connectivity index (χ0v) is 9.26. The van der Waals surface area contributed by atoms with Crippen molar-refractivity contribution < 1.29 is 4.79 Å². The molecule has 0 heterocycles. The fourth-order valence-electron chi connectivity index (χ4n) is 1.10. The van der Waals surface area contributed by atoms with E-state index in [0.717, 1.165) is 16.4 Å². The van der Waals surface area contributed by atoms with Crippen LogP contribution in [0.1, 0.15) is 19.4 Å². The van der Waals surface area contributed by atoms with E-state index in [9.17, 15) is 4.79 Å². The lowest BCUT2D eigenvalue weighted by atomic mass is 9.95. The van der Waals surface area contributed by atoms with E-state index in [2.05, 4.69) is 21.2 Å². The summed E-state index contributed by atoms with van der Waals surface area (Å²) in [5.74, 6) is 0. The molecule has 0 aliphatic heterocycles. The minimum absolute atomic E-state index is 0.303. The Bertz CT molecular complexity index is 292. The number of rotatable bonds is 3. The molecule has 0 aliphatic carbocycles. The first-order chi connectivity index (χ1) is 6.06. The molecule has 1 aromatic rings. The maximum Gasteiger partial charge on any atom is 0.207 e. The predicted octanol–water partition coefficient (Wildman–Crippen LogP) is 2.43. The third-order valence-electron chi connectivity index (χ3n) is 1.99. The van der Waals surface area contributed by atoms with Crippen LogP contribution in [0.4, 0.5) is 0 Å². The number of amides is 1. The van der Waals surface area contributed by atoms with Crippen LogP contribution in [-0.2, 0) is 10.3 Å². The molecule has 0 radical (unpaired) electrons. The Balaban J connectivity index is 2.93. The van der Waals surface area contributed by atoms with E-state index < -0.39 is 0 Å². The maximum atomic E-state index is 10.3. The molecule has 2 nitrogen and oxygen atoms in total. The molecule has 0 unspecified atom stereocenters. The summed E-state index contributed by atoms with van der Waals surface area (Å²) in [4.78, 5) is 10.3. The predicted molar refractivity (Wildman–Crippen MR) is 56.4 cm³/mol. The molecule has 70 valence electrons. The van der Waals surface area contributed by atoms with Crippen molar-refractivity contribution in [2.24, 2.45) is 0 Å². The second-order valence-electron chi connectivity index (χ2n) is 3.39. The summed E-state index contributed by atoms with van der Waals surface area (Å²) in [5.41, 5.74) is 0.783. The maximum absolute atomic E-state index is 10.3. The van der Waals surface area contributed by atoms with Crippen molar-refractivity contribution in [1.82, 2.24) is 5.32 Å². The molecule has 1 amide bonds. The van der Waals surface area contributed by atoms with Crippen LogP contribution in [0.2, 0.25) is 0 Å². The average Bonchev–Trinajstić information content (AvgIpc) is 2.05. The van der Waals surface area contributed by atoms with Crippen molar-refractivity contribution in [2.75, 3.05) is 0 Å². The molecule has 1 rings (SSSR count). The Morgan fingerprint density at radius 3 is 2.31 bits per heavy atom. The first-order valence-electron chi connectivity index (χ1n) is 4.03. The second kappa shape index (κ2) is 3.92. The normalized spacial score (nSPS) is 11.0. The SMILES string of the molecule is CC(C)(NC=O)c1ccc(Br)cc1. The molecule has 3 heteroatoms. The van der Waals surface area contributed by atoms with Crippen molar-refractivity contribution in [2.45, 2.75) is 19.4 Å². The third kappa shape index (κ3) is 2.56. The number of nitrogens with one attached hydrogen (secondary N) is 1. The van der Waals surface area contributed by atoms with Crippen LogP contribution in [0.25, 0.3) is 0 Å².